The second-order valence-electron chi connectivity index (χ2n) is 5.94. The van der Waals surface area contributed by atoms with Gasteiger partial charge in [0.05, 0.1) is 0 Å². The molecule has 23 heavy (non-hydrogen) atoms. The van der Waals surface area contributed by atoms with Crippen molar-refractivity contribution >= 4 is 17.7 Å². The number of alkyl halides is 2. The molecule has 128 valence electrons. The van der Waals surface area contributed by atoms with E-state index in [1.54, 1.807) is 13.8 Å². The van der Waals surface area contributed by atoms with Crippen LogP contribution in [0.2, 0.25) is 0 Å². The third-order valence-electron chi connectivity index (χ3n) is 4.17. The van der Waals surface area contributed by atoms with E-state index >= 15 is 0 Å². The van der Waals surface area contributed by atoms with Crippen LogP contribution in [0, 0.1) is 13.8 Å². The van der Waals surface area contributed by atoms with Gasteiger partial charge in [0.25, 0.3) is 5.76 Å². The van der Waals surface area contributed by atoms with E-state index in [9.17, 15) is 13.6 Å². The molecule has 1 amide bonds. The van der Waals surface area contributed by atoms with Crippen molar-refractivity contribution in [2.45, 2.75) is 75.7 Å². The third-order valence-corrected chi connectivity index (χ3v) is 4.74. The van der Waals surface area contributed by atoms with E-state index in [0.717, 1.165) is 18.4 Å². The highest BCUT2D eigenvalue weighted by Crippen LogP contribution is 2.24. The molecule has 0 unspecified atom stereocenters. The van der Waals surface area contributed by atoms with Crippen molar-refractivity contribution in [3.63, 3.8) is 0 Å². The number of thioether (sulfide) groups is 1. The van der Waals surface area contributed by atoms with Gasteiger partial charge in [-0.2, -0.15) is 8.78 Å². The zero-order valence-corrected chi connectivity index (χ0v) is 14.4. The summed E-state index contributed by atoms with van der Waals surface area (Å²) in [7, 11) is 0. The first-order chi connectivity index (χ1) is 11.0. The quantitative estimate of drug-likeness (QED) is 0.631. The summed E-state index contributed by atoms with van der Waals surface area (Å²) in [5.74, 6) is -2.48. The average Bonchev–Trinajstić information content (AvgIpc) is 2.46. The van der Waals surface area contributed by atoms with Gasteiger partial charge >= 0.3 is 0 Å². The van der Waals surface area contributed by atoms with E-state index in [-0.39, 0.29) is 11.1 Å². The number of nitrogens with zero attached hydrogens (tertiary/aromatic N) is 2. The third kappa shape index (κ3) is 5.71. The first-order valence-corrected chi connectivity index (χ1v) is 8.92. The van der Waals surface area contributed by atoms with Crippen molar-refractivity contribution in [1.82, 2.24) is 15.3 Å². The molecule has 7 heteroatoms. The number of amides is 1. The zero-order valence-electron chi connectivity index (χ0n) is 13.6. The maximum Gasteiger partial charge on any atom is 0.291 e. The molecule has 2 rings (SSSR count). The minimum absolute atomic E-state index is 0.0433. The van der Waals surface area contributed by atoms with Crippen LogP contribution >= 0.6 is 11.8 Å². The number of aromatic nitrogens is 2. The molecule has 1 aliphatic rings. The lowest BCUT2D eigenvalue weighted by Gasteiger charge is -2.22. The van der Waals surface area contributed by atoms with E-state index in [1.165, 1.54) is 19.3 Å². The molecule has 0 atom stereocenters. The van der Waals surface area contributed by atoms with E-state index in [4.69, 9.17) is 0 Å². The maximum absolute atomic E-state index is 12.4. The lowest BCUT2D eigenvalue weighted by Crippen LogP contribution is -2.36. The van der Waals surface area contributed by atoms with Crippen LogP contribution < -0.4 is 5.32 Å². The first kappa shape index (κ1) is 18.1. The molecule has 1 N–H and O–H groups in total. The van der Waals surface area contributed by atoms with Crippen LogP contribution in [0.25, 0.3) is 0 Å². The average molecular weight is 343 g/mol. The summed E-state index contributed by atoms with van der Waals surface area (Å²) in [5.41, 5.74) is 2.22. The highest BCUT2D eigenvalue weighted by Gasteiger charge is 2.17. The Balaban J connectivity index is 1.90. The Hall–Kier alpha value is -1.24. The normalized spacial score (nSPS) is 15.9. The number of carbonyl (C=O) groups is 1. The molecule has 1 heterocycles. The standard InChI is InChI=1S/C16H23F2N3OS/c1-10-13(11(2)20-16(19-10)23-15(17)18)8-9-14(22)21-12-6-4-3-5-7-12/h12,15H,3-9H2,1-2H3,(H,21,22). The maximum atomic E-state index is 12.4. The van der Waals surface area contributed by atoms with Gasteiger partial charge in [0.1, 0.15) is 0 Å². The largest absolute Gasteiger partial charge is 0.353 e. The Bertz CT molecular complexity index is 525. The van der Waals surface area contributed by atoms with Crippen molar-refractivity contribution in [2.75, 3.05) is 0 Å². The molecule has 1 aliphatic carbocycles. The van der Waals surface area contributed by atoms with Gasteiger partial charge < -0.3 is 5.32 Å². The van der Waals surface area contributed by atoms with Gasteiger partial charge in [-0.1, -0.05) is 19.3 Å². The van der Waals surface area contributed by atoms with Gasteiger partial charge in [-0.3, -0.25) is 4.79 Å². The summed E-state index contributed by atoms with van der Waals surface area (Å²) in [6, 6.07) is 0.305. The SMILES string of the molecule is Cc1nc(SC(F)F)nc(C)c1CCC(=O)NC1CCCCC1. The molecule has 1 aromatic rings. The van der Waals surface area contributed by atoms with Crippen LogP contribution in [0.3, 0.4) is 0 Å². The van der Waals surface area contributed by atoms with E-state index < -0.39 is 5.76 Å². The number of nitrogens with one attached hydrogen (secondary N) is 1. The molecule has 0 saturated heterocycles. The zero-order chi connectivity index (χ0) is 16.8. The molecule has 0 bridgehead atoms. The summed E-state index contributed by atoms with van der Waals surface area (Å²) < 4.78 is 24.8. The Kier molecular flexibility index (Phi) is 6.74. The van der Waals surface area contributed by atoms with E-state index in [2.05, 4.69) is 15.3 Å². The summed E-state index contributed by atoms with van der Waals surface area (Å²) in [6.07, 6.45) is 6.66. The molecular formula is C16H23F2N3OS. The van der Waals surface area contributed by atoms with Crippen molar-refractivity contribution in [3.05, 3.63) is 17.0 Å². The lowest BCUT2D eigenvalue weighted by atomic mass is 9.95. The first-order valence-electron chi connectivity index (χ1n) is 8.04. The fraction of sp³-hybridized carbons (Fsp3) is 0.688. The van der Waals surface area contributed by atoms with Gasteiger partial charge in [-0.25, -0.2) is 9.97 Å². The fourth-order valence-electron chi connectivity index (χ4n) is 2.99. The van der Waals surface area contributed by atoms with Crippen molar-refractivity contribution in [3.8, 4) is 0 Å². The van der Waals surface area contributed by atoms with Gasteiger partial charge in [0.15, 0.2) is 5.16 Å². The van der Waals surface area contributed by atoms with Gasteiger partial charge in [0, 0.05) is 23.9 Å². The van der Waals surface area contributed by atoms with Crippen molar-refractivity contribution in [1.29, 1.82) is 0 Å². The highest BCUT2D eigenvalue weighted by atomic mass is 32.2. The minimum atomic E-state index is -2.53. The summed E-state index contributed by atoms with van der Waals surface area (Å²) in [4.78, 5) is 20.3. The van der Waals surface area contributed by atoms with Crippen molar-refractivity contribution < 1.29 is 13.6 Å². The molecule has 4 nitrogen and oxygen atoms in total. The van der Waals surface area contributed by atoms with E-state index in [1.807, 2.05) is 0 Å². The number of aryl methyl sites for hydroxylation is 2. The number of rotatable bonds is 6. The molecule has 1 fully saturated rings. The molecular weight excluding hydrogens is 320 g/mol. The van der Waals surface area contributed by atoms with Gasteiger partial charge in [0.2, 0.25) is 5.91 Å². The van der Waals surface area contributed by atoms with Gasteiger partial charge in [-0.05, 0) is 50.4 Å². The number of hydrogen-bond donors (Lipinski definition) is 1. The number of hydrogen-bond acceptors (Lipinski definition) is 4. The van der Waals surface area contributed by atoms with Crippen LogP contribution in [0.15, 0.2) is 5.16 Å². The van der Waals surface area contributed by atoms with Crippen molar-refractivity contribution in [2.24, 2.45) is 0 Å². The smallest absolute Gasteiger partial charge is 0.291 e. The second-order valence-corrected chi connectivity index (χ2v) is 6.89. The summed E-state index contributed by atoms with van der Waals surface area (Å²) >= 11 is 0.348. The number of carbonyl (C=O) groups excluding carboxylic acids is 1. The van der Waals surface area contributed by atoms with Crippen LogP contribution in [0.5, 0.6) is 0 Å². The predicted molar refractivity (Wildman–Crippen MR) is 86.7 cm³/mol. The predicted octanol–water partition coefficient (Wildman–Crippen LogP) is 3.79. The Morgan fingerprint density at radius 2 is 1.83 bits per heavy atom. The molecule has 0 spiro atoms. The van der Waals surface area contributed by atoms with Crippen LogP contribution in [0.4, 0.5) is 8.78 Å². The second kappa shape index (κ2) is 8.57. The number of halogens is 2. The molecule has 0 aromatic carbocycles. The summed E-state index contributed by atoms with van der Waals surface area (Å²) in [6.45, 7) is 3.55. The molecule has 1 aromatic heterocycles. The van der Waals surface area contributed by atoms with E-state index in [0.29, 0.717) is 42.0 Å². The molecule has 0 aliphatic heterocycles. The van der Waals surface area contributed by atoms with Gasteiger partial charge in [-0.15, -0.1) is 0 Å². The Labute approximate surface area is 139 Å². The molecule has 1 saturated carbocycles. The molecule has 0 radical (unpaired) electrons. The Morgan fingerprint density at radius 1 is 1.22 bits per heavy atom. The Morgan fingerprint density at radius 3 is 2.39 bits per heavy atom. The van der Waals surface area contributed by atoms with Crippen LogP contribution in [-0.4, -0.2) is 27.7 Å². The minimum Gasteiger partial charge on any atom is -0.353 e. The summed E-state index contributed by atoms with van der Waals surface area (Å²) in [5, 5.41) is 3.17. The highest BCUT2D eigenvalue weighted by molar-refractivity contribution is 7.99. The lowest BCUT2D eigenvalue weighted by molar-refractivity contribution is -0.121. The van der Waals surface area contributed by atoms with Crippen LogP contribution in [0.1, 0.15) is 55.5 Å². The fourth-order valence-corrected chi connectivity index (χ4v) is 3.53. The van der Waals surface area contributed by atoms with Crippen LogP contribution in [-0.2, 0) is 11.2 Å². The monoisotopic (exact) mass is 343 g/mol. The topological polar surface area (TPSA) is 54.9 Å².